The highest BCUT2D eigenvalue weighted by Gasteiger charge is 2.22. The first-order valence-corrected chi connectivity index (χ1v) is 7.87. The number of benzene rings is 1. The second-order valence-electron chi connectivity index (χ2n) is 5.53. The molecule has 3 nitrogen and oxygen atoms in total. The van der Waals surface area contributed by atoms with Gasteiger partial charge in [0, 0.05) is 18.7 Å². The summed E-state index contributed by atoms with van der Waals surface area (Å²) in [6.07, 6.45) is 9.65. The number of hydrogen-bond donors (Lipinski definition) is 0. The van der Waals surface area contributed by atoms with Gasteiger partial charge in [0.1, 0.15) is 5.75 Å². The van der Waals surface area contributed by atoms with E-state index in [0.717, 1.165) is 30.7 Å². The summed E-state index contributed by atoms with van der Waals surface area (Å²) in [5, 5.41) is 0. The van der Waals surface area contributed by atoms with Crippen LogP contribution >= 0.6 is 0 Å². The molecule has 0 spiro atoms. The average molecular weight is 287 g/mol. The average Bonchev–Trinajstić information content (AvgIpc) is 2.55. The van der Waals surface area contributed by atoms with Crippen LogP contribution in [0.4, 0.5) is 0 Å². The Morgan fingerprint density at radius 3 is 2.76 bits per heavy atom. The Labute approximate surface area is 127 Å². The lowest BCUT2D eigenvalue weighted by atomic mass is 9.94. The molecular weight excluding hydrogens is 262 g/mol. The van der Waals surface area contributed by atoms with Crippen molar-refractivity contribution in [2.24, 2.45) is 0 Å². The van der Waals surface area contributed by atoms with Crippen LogP contribution in [0, 0.1) is 0 Å². The number of hydrogen-bond acceptors (Lipinski definition) is 2. The van der Waals surface area contributed by atoms with Crippen molar-refractivity contribution in [1.29, 1.82) is 0 Å². The minimum absolute atomic E-state index is 0.118. The van der Waals surface area contributed by atoms with E-state index in [9.17, 15) is 4.79 Å². The first-order valence-electron chi connectivity index (χ1n) is 7.87. The van der Waals surface area contributed by atoms with Crippen molar-refractivity contribution in [3.05, 3.63) is 35.9 Å². The molecule has 114 valence electrons. The topological polar surface area (TPSA) is 29.5 Å². The molecule has 1 fully saturated rings. The summed E-state index contributed by atoms with van der Waals surface area (Å²) in [6, 6.07) is 8.16. The lowest BCUT2D eigenvalue weighted by Crippen LogP contribution is -2.40. The van der Waals surface area contributed by atoms with E-state index in [2.05, 4.69) is 6.92 Å². The summed E-state index contributed by atoms with van der Waals surface area (Å²) in [6.45, 7) is 2.85. The summed E-state index contributed by atoms with van der Waals surface area (Å²) in [4.78, 5) is 14.4. The van der Waals surface area contributed by atoms with Crippen molar-refractivity contribution >= 4 is 12.0 Å². The number of carbonyl (C=O) groups is 1. The minimum atomic E-state index is 0.118. The van der Waals surface area contributed by atoms with E-state index in [4.69, 9.17) is 4.74 Å². The van der Waals surface area contributed by atoms with Crippen LogP contribution < -0.4 is 4.74 Å². The van der Waals surface area contributed by atoms with Crippen molar-refractivity contribution in [2.45, 2.75) is 45.1 Å². The van der Waals surface area contributed by atoms with E-state index in [1.807, 2.05) is 35.2 Å². The highest BCUT2D eigenvalue weighted by molar-refractivity contribution is 5.92. The molecule has 0 atom stereocenters. The Kier molecular flexibility index (Phi) is 5.85. The maximum absolute atomic E-state index is 12.4. The predicted octanol–water partition coefficient (Wildman–Crippen LogP) is 3.89. The van der Waals surface area contributed by atoms with Gasteiger partial charge in [-0.2, -0.15) is 0 Å². The minimum Gasteiger partial charge on any atom is -0.497 e. The fraction of sp³-hybridized carbons (Fsp3) is 0.500. The Morgan fingerprint density at radius 1 is 1.33 bits per heavy atom. The summed E-state index contributed by atoms with van der Waals surface area (Å²) < 4.78 is 5.20. The van der Waals surface area contributed by atoms with Crippen molar-refractivity contribution in [1.82, 2.24) is 4.90 Å². The molecule has 0 aromatic heterocycles. The van der Waals surface area contributed by atoms with Gasteiger partial charge in [0.05, 0.1) is 7.11 Å². The number of amides is 1. The molecule has 0 bridgehead atoms. The largest absolute Gasteiger partial charge is 0.497 e. The van der Waals surface area contributed by atoms with E-state index < -0.39 is 0 Å². The summed E-state index contributed by atoms with van der Waals surface area (Å²) in [5.41, 5.74) is 0.988. The van der Waals surface area contributed by atoms with Gasteiger partial charge in [-0.1, -0.05) is 31.4 Å². The second kappa shape index (κ2) is 7.87. The molecule has 0 heterocycles. The van der Waals surface area contributed by atoms with E-state index in [1.165, 1.54) is 19.3 Å². The molecular formula is C18H25NO2. The van der Waals surface area contributed by atoms with Crippen molar-refractivity contribution < 1.29 is 9.53 Å². The molecule has 0 unspecified atom stereocenters. The quantitative estimate of drug-likeness (QED) is 0.769. The van der Waals surface area contributed by atoms with Gasteiger partial charge >= 0.3 is 0 Å². The third kappa shape index (κ3) is 4.35. The van der Waals surface area contributed by atoms with E-state index >= 15 is 0 Å². The zero-order valence-electron chi connectivity index (χ0n) is 13.0. The Bertz CT molecular complexity index is 490. The fourth-order valence-corrected chi connectivity index (χ4v) is 3.00. The molecule has 0 aliphatic heterocycles. The van der Waals surface area contributed by atoms with Crippen LogP contribution in [0.5, 0.6) is 5.75 Å². The highest BCUT2D eigenvalue weighted by Crippen LogP contribution is 2.23. The van der Waals surface area contributed by atoms with Gasteiger partial charge in [0.25, 0.3) is 0 Å². The van der Waals surface area contributed by atoms with E-state index in [-0.39, 0.29) is 5.91 Å². The van der Waals surface area contributed by atoms with Crippen molar-refractivity contribution in [2.75, 3.05) is 13.7 Å². The maximum Gasteiger partial charge on any atom is 0.246 e. The fourth-order valence-electron chi connectivity index (χ4n) is 3.00. The molecule has 2 rings (SSSR count). The number of ether oxygens (including phenoxy) is 1. The molecule has 0 saturated heterocycles. The maximum atomic E-state index is 12.4. The van der Waals surface area contributed by atoms with Crippen LogP contribution in [-0.4, -0.2) is 30.5 Å². The lowest BCUT2D eigenvalue weighted by Gasteiger charge is -2.32. The van der Waals surface area contributed by atoms with Crippen molar-refractivity contribution in [3.63, 3.8) is 0 Å². The summed E-state index contributed by atoms with van der Waals surface area (Å²) >= 11 is 0. The SMILES string of the molecule is CCN(C(=O)/C=C/c1cccc(OC)c1)C1CCCCC1. The standard InChI is InChI=1S/C18H25NO2/c1-3-19(16-9-5-4-6-10-16)18(20)13-12-15-8-7-11-17(14-15)21-2/h7-8,11-14,16H,3-6,9-10H2,1-2H3/b13-12+. The zero-order chi connectivity index (χ0) is 15.1. The number of rotatable bonds is 5. The van der Waals surface area contributed by atoms with Gasteiger partial charge in [-0.05, 0) is 43.5 Å². The molecule has 1 aliphatic rings. The molecule has 1 saturated carbocycles. The first kappa shape index (κ1) is 15.6. The summed E-state index contributed by atoms with van der Waals surface area (Å²) in [5.74, 6) is 0.927. The molecule has 0 N–H and O–H groups in total. The molecule has 1 aromatic carbocycles. The predicted molar refractivity (Wildman–Crippen MR) is 86.3 cm³/mol. The third-order valence-corrected chi connectivity index (χ3v) is 4.15. The van der Waals surface area contributed by atoms with Gasteiger partial charge in [-0.15, -0.1) is 0 Å². The Morgan fingerprint density at radius 2 is 2.10 bits per heavy atom. The van der Waals surface area contributed by atoms with Gasteiger partial charge in [0.2, 0.25) is 5.91 Å². The molecule has 1 amide bonds. The van der Waals surface area contributed by atoms with E-state index in [0.29, 0.717) is 6.04 Å². The van der Waals surface area contributed by atoms with Gasteiger partial charge in [0.15, 0.2) is 0 Å². The van der Waals surface area contributed by atoms with Crippen LogP contribution in [0.25, 0.3) is 6.08 Å². The normalized spacial score (nSPS) is 16.1. The number of methoxy groups -OCH3 is 1. The third-order valence-electron chi connectivity index (χ3n) is 4.15. The Hall–Kier alpha value is -1.77. The van der Waals surface area contributed by atoms with Gasteiger partial charge in [-0.25, -0.2) is 0 Å². The second-order valence-corrected chi connectivity index (χ2v) is 5.53. The van der Waals surface area contributed by atoms with E-state index in [1.54, 1.807) is 13.2 Å². The van der Waals surface area contributed by atoms with Crippen molar-refractivity contribution in [3.8, 4) is 5.75 Å². The van der Waals surface area contributed by atoms with Crippen LogP contribution in [0.1, 0.15) is 44.6 Å². The van der Waals surface area contributed by atoms with Gasteiger partial charge < -0.3 is 9.64 Å². The van der Waals surface area contributed by atoms with Crippen LogP contribution in [0.2, 0.25) is 0 Å². The molecule has 0 radical (unpaired) electrons. The van der Waals surface area contributed by atoms with Crippen LogP contribution in [0.15, 0.2) is 30.3 Å². The summed E-state index contributed by atoms with van der Waals surface area (Å²) in [7, 11) is 1.65. The molecule has 3 heteroatoms. The van der Waals surface area contributed by atoms with Gasteiger partial charge in [-0.3, -0.25) is 4.79 Å². The Balaban J connectivity index is 2.02. The molecule has 21 heavy (non-hydrogen) atoms. The molecule has 1 aliphatic carbocycles. The van der Waals surface area contributed by atoms with Crippen LogP contribution in [0.3, 0.4) is 0 Å². The zero-order valence-corrected chi connectivity index (χ0v) is 13.0. The van der Waals surface area contributed by atoms with Crippen LogP contribution in [-0.2, 0) is 4.79 Å². The number of carbonyl (C=O) groups excluding carboxylic acids is 1. The monoisotopic (exact) mass is 287 g/mol. The number of nitrogens with zero attached hydrogens (tertiary/aromatic N) is 1. The first-order chi connectivity index (χ1) is 10.2. The molecule has 1 aromatic rings. The smallest absolute Gasteiger partial charge is 0.246 e. The highest BCUT2D eigenvalue weighted by atomic mass is 16.5. The lowest BCUT2D eigenvalue weighted by molar-refractivity contribution is -0.128. The number of likely N-dealkylation sites (N-methyl/N-ethyl adjacent to an activating group) is 1.